The summed E-state index contributed by atoms with van der Waals surface area (Å²) >= 11 is 0. The minimum absolute atomic E-state index is 0.0280. The zero-order valence-electron chi connectivity index (χ0n) is 9.91. The van der Waals surface area contributed by atoms with Crippen molar-refractivity contribution >= 4 is 5.69 Å². The van der Waals surface area contributed by atoms with Gasteiger partial charge >= 0.3 is 5.69 Å². The normalized spacial score (nSPS) is 10.8. The zero-order valence-corrected chi connectivity index (χ0v) is 9.91. The van der Waals surface area contributed by atoms with Crippen LogP contribution in [0, 0.1) is 17.0 Å². The van der Waals surface area contributed by atoms with Crippen LogP contribution in [0.2, 0.25) is 0 Å². The second-order valence-electron chi connectivity index (χ2n) is 3.71. The van der Waals surface area contributed by atoms with Crippen molar-refractivity contribution in [1.82, 2.24) is 19.3 Å². The molecule has 0 saturated heterocycles. The van der Waals surface area contributed by atoms with Crippen molar-refractivity contribution in [3.05, 3.63) is 34.0 Å². The van der Waals surface area contributed by atoms with Crippen LogP contribution < -0.4 is 0 Å². The summed E-state index contributed by atoms with van der Waals surface area (Å²) in [6.07, 6.45) is 4.04. The highest BCUT2D eigenvalue weighted by molar-refractivity contribution is 5.51. The van der Waals surface area contributed by atoms with E-state index in [4.69, 9.17) is 0 Å². The first-order chi connectivity index (χ1) is 8.06. The van der Waals surface area contributed by atoms with E-state index >= 15 is 0 Å². The molecule has 0 radical (unpaired) electrons. The van der Waals surface area contributed by atoms with Crippen LogP contribution in [-0.4, -0.2) is 24.3 Å². The predicted octanol–water partition coefficient (Wildman–Crippen LogP) is 1.38. The van der Waals surface area contributed by atoms with E-state index in [1.165, 1.54) is 4.68 Å². The fourth-order valence-electron chi connectivity index (χ4n) is 1.91. The Bertz CT molecular complexity index is 569. The third-order valence-electron chi connectivity index (χ3n) is 2.61. The molecule has 2 aromatic heterocycles. The SMILES string of the molecule is CCc1nccn1-c1c([N+](=O)[O-])c(C)nn1C. The summed E-state index contributed by atoms with van der Waals surface area (Å²) in [5, 5.41) is 15.2. The van der Waals surface area contributed by atoms with Gasteiger partial charge < -0.3 is 0 Å². The monoisotopic (exact) mass is 235 g/mol. The van der Waals surface area contributed by atoms with Gasteiger partial charge in [-0.25, -0.2) is 9.67 Å². The Morgan fingerprint density at radius 3 is 2.82 bits per heavy atom. The summed E-state index contributed by atoms with van der Waals surface area (Å²) in [5.74, 6) is 1.22. The molecule has 17 heavy (non-hydrogen) atoms. The van der Waals surface area contributed by atoms with Crippen molar-refractivity contribution in [3.63, 3.8) is 0 Å². The molecule has 0 saturated carbocycles. The van der Waals surface area contributed by atoms with Gasteiger partial charge in [-0.2, -0.15) is 5.10 Å². The third-order valence-corrected chi connectivity index (χ3v) is 2.61. The fraction of sp³-hybridized carbons (Fsp3) is 0.400. The minimum Gasteiger partial charge on any atom is -0.282 e. The van der Waals surface area contributed by atoms with Crippen LogP contribution in [0.5, 0.6) is 0 Å². The van der Waals surface area contributed by atoms with E-state index in [0.717, 1.165) is 5.82 Å². The molecule has 0 aliphatic carbocycles. The molecule has 2 rings (SSSR count). The maximum atomic E-state index is 11.1. The summed E-state index contributed by atoms with van der Waals surface area (Å²) in [5.41, 5.74) is 0.434. The first kappa shape index (κ1) is 11.3. The average molecular weight is 235 g/mol. The number of nitro groups is 1. The largest absolute Gasteiger partial charge is 0.334 e. The molecule has 90 valence electrons. The number of imidazole rings is 1. The molecule has 0 unspecified atom stereocenters. The molecule has 2 aromatic rings. The molecule has 0 aliphatic rings. The predicted molar refractivity (Wildman–Crippen MR) is 61.1 cm³/mol. The quantitative estimate of drug-likeness (QED) is 0.594. The Kier molecular flexibility index (Phi) is 2.66. The first-order valence-corrected chi connectivity index (χ1v) is 5.26. The van der Waals surface area contributed by atoms with Gasteiger partial charge in [0.25, 0.3) is 0 Å². The molecule has 0 spiro atoms. The number of nitrogens with zero attached hydrogens (tertiary/aromatic N) is 5. The summed E-state index contributed by atoms with van der Waals surface area (Å²) in [4.78, 5) is 14.8. The fourth-order valence-corrected chi connectivity index (χ4v) is 1.91. The summed E-state index contributed by atoms with van der Waals surface area (Å²) in [6.45, 7) is 3.58. The van der Waals surface area contributed by atoms with E-state index in [2.05, 4.69) is 10.1 Å². The number of aryl methyl sites for hydroxylation is 3. The van der Waals surface area contributed by atoms with Gasteiger partial charge in [0.2, 0.25) is 5.82 Å². The number of rotatable bonds is 3. The van der Waals surface area contributed by atoms with Crippen LogP contribution in [0.4, 0.5) is 5.69 Å². The van der Waals surface area contributed by atoms with Crippen LogP contribution in [-0.2, 0) is 13.5 Å². The van der Waals surface area contributed by atoms with Crippen molar-refractivity contribution < 1.29 is 4.92 Å². The molecule has 0 aliphatic heterocycles. The van der Waals surface area contributed by atoms with Gasteiger partial charge in [-0.1, -0.05) is 6.92 Å². The number of hydrogen-bond acceptors (Lipinski definition) is 4. The summed E-state index contributed by atoms with van der Waals surface area (Å²) in [7, 11) is 1.69. The van der Waals surface area contributed by atoms with Crippen molar-refractivity contribution in [3.8, 4) is 5.82 Å². The van der Waals surface area contributed by atoms with Crippen molar-refractivity contribution in [2.24, 2.45) is 7.05 Å². The highest BCUT2D eigenvalue weighted by Crippen LogP contribution is 2.26. The van der Waals surface area contributed by atoms with Crippen molar-refractivity contribution in [2.45, 2.75) is 20.3 Å². The minimum atomic E-state index is -0.406. The summed E-state index contributed by atoms with van der Waals surface area (Å²) in [6, 6.07) is 0. The molecule has 0 aromatic carbocycles. The Balaban J connectivity index is 2.71. The first-order valence-electron chi connectivity index (χ1n) is 5.26. The van der Waals surface area contributed by atoms with Gasteiger partial charge in [-0.15, -0.1) is 0 Å². The number of hydrogen-bond donors (Lipinski definition) is 0. The maximum absolute atomic E-state index is 11.1. The lowest BCUT2D eigenvalue weighted by Gasteiger charge is -2.05. The van der Waals surface area contributed by atoms with E-state index in [1.54, 1.807) is 30.9 Å². The highest BCUT2D eigenvalue weighted by Gasteiger charge is 2.26. The smallest absolute Gasteiger partial charge is 0.282 e. The lowest BCUT2D eigenvalue weighted by atomic mass is 10.3. The van der Waals surface area contributed by atoms with Crippen LogP contribution in [0.15, 0.2) is 12.4 Å². The summed E-state index contributed by atoms with van der Waals surface area (Å²) < 4.78 is 3.21. The molecule has 2 heterocycles. The second kappa shape index (κ2) is 4.00. The third kappa shape index (κ3) is 1.69. The zero-order chi connectivity index (χ0) is 12.6. The molecular weight excluding hydrogens is 222 g/mol. The van der Waals surface area contributed by atoms with Crippen LogP contribution in [0.25, 0.3) is 5.82 Å². The van der Waals surface area contributed by atoms with E-state index < -0.39 is 4.92 Å². The molecule has 0 amide bonds. The highest BCUT2D eigenvalue weighted by atomic mass is 16.6. The lowest BCUT2D eigenvalue weighted by Crippen LogP contribution is -2.07. The molecule has 0 bridgehead atoms. The van der Waals surface area contributed by atoms with Crippen LogP contribution in [0.1, 0.15) is 18.4 Å². The van der Waals surface area contributed by atoms with Gasteiger partial charge in [0.05, 0.1) is 4.92 Å². The maximum Gasteiger partial charge on any atom is 0.334 e. The lowest BCUT2D eigenvalue weighted by molar-refractivity contribution is -0.385. The molecule has 0 N–H and O–H groups in total. The molecular formula is C10H13N5O2. The standard InChI is InChI=1S/C10H13N5O2/c1-4-8-11-5-6-14(8)10-9(15(16)17)7(2)12-13(10)3/h5-6H,4H2,1-3H3. The molecule has 7 nitrogen and oxygen atoms in total. The van der Waals surface area contributed by atoms with Crippen molar-refractivity contribution in [1.29, 1.82) is 0 Å². The Labute approximate surface area is 97.8 Å². The van der Waals surface area contributed by atoms with E-state index in [9.17, 15) is 10.1 Å². The van der Waals surface area contributed by atoms with Gasteiger partial charge in [-0.3, -0.25) is 14.7 Å². The number of aromatic nitrogens is 4. The topological polar surface area (TPSA) is 78.8 Å². The van der Waals surface area contributed by atoms with Gasteiger partial charge in [-0.05, 0) is 6.92 Å². The molecule has 0 fully saturated rings. The van der Waals surface area contributed by atoms with Gasteiger partial charge in [0.15, 0.2) is 0 Å². The second-order valence-corrected chi connectivity index (χ2v) is 3.71. The van der Waals surface area contributed by atoms with Gasteiger partial charge in [0, 0.05) is 25.9 Å². The van der Waals surface area contributed by atoms with E-state index in [1.807, 2.05) is 6.92 Å². The van der Waals surface area contributed by atoms with E-state index in [-0.39, 0.29) is 5.69 Å². The van der Waals surface area contributed by atoms with Crippen molar-refractivity contribution in [2.75, 3.05) is 0 Å². The molecule has 0 atom stereocenters. The molecule has 7 heteroatoms. The average Bonchev–Trinajstić information content (AvgIpc) is 2.81. The van der Waals surface area contributed by atoms with Crippen LogP contribution >= 0.6 is 0 Å². The Hall–Kier alpha value is -2.18. The Morgan fingerprint density at radius 1 is 1.53 bits per heavy atom. The van der Waals surface area contributed by atoms with Gasteiger partial charge in [0.1, 0.15) is 11.5 Å². The Morgan fingerprint density at radius 2 is 2.24 bits per heavy atom. The van der Waals surface area contributed by atoms with E-state index in [0.29, 0.717) is 17.9 Å². The van der Waals surface area contributed by atoms with Crippen LogP contribution in [0.3, 0.4) is 0 Å².